The van der Waals surface area contributed by atoms with Crippen LogP contribution in [0.2, 0.25) is 0 Å². The summed E-state index contributed by atoms with van der Waals surface area (Å²) in [6.07, 6.45) is -0.718. The number of ether oxygens (including phenoxy) is 1. The topological polar surface area (TPSA) is 61.7 Å². The van der Waals surface area contributed by atoms with Gasteiger partial charge in [-0.15, -0.1) is 0 Å². The molecule has 0 aliphatic heterocycles. The Kier molecular flexibility index (Phi) is 5.76. The molecular weight excluding hydrogens is 274 g/mol. The molecule has 0 heterocycles. The van der Waals surface area contributed by atoms with Crippen LogP contribution in [0.15, 0.2) is 22.7 Å². The largest absolute Gasteiger partial charge is 0.497 e. The van der Waals surface area contributed by atoms with E-state index in [0.29, 0.717) is 13.1 Å². The Bertz CT molecular complexity index is 333. The number of nitrogens with one attached hydrogen (secondary N) is 1. The summed E-state index contributed by atoms with van der Waals surface area (Å²) < 4.78 is 6.11. The van der Waals surface area contributed by atoms with Crippen molar-refractivity contribution in [2.45, 2.75) is 12.6 Å². The molecule has 3 N–H and O–H groups in total. The lowest BCUT2D eigenvalue weighted by Gasteiger charge is -2.11. The highest BCUT2D eigenvalue weighted by Crippen LogP contribution is 2.22. The maximum absolute atomic E-state index is 9.16. The Labute approximate surface area is 103 Å². The average Bonchev–Trinajstić information content (AvgIpc) is 2.31. The predicted octanol–water partition coefficient (Wildman–Crippen LogP) is 0.900. The predicted molar refractivity (Wildman–Crippen MR) is 65.5 cm³/mol. The van der Waals surface area contributed by atoms with Crippen molar-refractivity contribution in [2.75, 3.05) is 20.3 Å². The number of benzene rings is 1. The SMILES string of the molecule is COc1ccc(Br)c(CNCC(O)CO)c1. The second-order valence-corrected chi connectivity index (χ2v) is 4.28. The Balaban J connectivity index is 2.52. The normalized spacial score (nSPS) is 12.5. The van der Waals surface area contributed by atoms with Crippen molar-refractivity contribution >= 4 is 15.9 Å². The van der Waals surface area contributed by atoms with Crippen LogP contribution < -0.4 is 10.1 Å². The molecule has 5 heteroatoms. The number of rotatable bonds is 6. The van der Waals surface area contributed by atoms with Crippen LogP contribution in [0.4, 0.5) is 0 Å². The molecule has 0 bridgehead atoms. The molecule has 0 spiro atoms. The third-order valence-corrected chi connectivity index (χ3v) is 2.93. The minimum Gasteiger partial charge on any atom is -0.497 e. The van der Waals surface area contributed by atoms with E-state index in [0.717, 1.165) is 15.8 Å². The van der Waals surface area contributed by atoms with E-state index in [1.54, 1.807) is 7.11 Å². The molecule has 0 fully saturated rings. The van der Waals surface area contributed by atoms with Gasteiger partial charge in [-0.1, -0.05) is 15.9 Å². The summed E-state index contributed by atoms with van der Waals surface area (Å²) in [5.41, 5.74) is 1.05. The van der Waals surface area contributed by atoms with Gasteiger partial charge in [0.2, 0.25) is 0 Å². The van der Waals surface area contributed by atoms with E-state index >= 15 is 0 Å². The molecule has 1 rings (SSSR count). The highest BCUT2D eigenvalue weighted by molar-refractivity contribution is 9.10. The van der Waals surface area contributed by atoms with Gasteiger partial charge in [-0.25, -0.2) is 0 Å². The van der Waals surface area contributed by atoms with Gasteiger partial charge in [0, 0.05) is 17.6 Å². The molecular formula is C11H16BrNO3. The lowest BCUT2D eigenvalue weighted by atomic mass is 10.2. The number of hydrogen-bond donors (Lipinski definition) is 3. The monoisotopic (exact) mass is 289 g/mol. The summed E-state index contributed by atoms with van der Waals surface area (Å²) in [5.74, 6) is 0.794. The standard InChI is InChI=1S/C11H16BrNO3/c1-16-10-2-3-11(12)8(4-10)5-13-6-9(15)7-14/h2-4,9,13-15H,5-7H2,1H3. The van der Waals surface area contributed by atoms with E-state index in [4.69, 9.17) is 14.9 Å². The maximum Gasteiger partial charge on any atom is 0.119 e. The van der Waals surface area contributed by atoms with Crippen molar-refractivity contribution in [3.05, 3.63) is 28.2 Å². The van der Waals surface area contributed by atoms with Crippen LogP contribution in [-0.4, -0.2) is 36.6 Å². The van der Waals surface area contributed by atoms with Gasteiger partial charge in [0.25, 0.3) is 0 Å². The molecule has 0 aliphatic rings. The highest BCUT2D eigenvalue weighted by atomic mass is 79.9. The van der Waals surface area contributed by atoms with E-state index < -0.39 is 6.10 Å². The van der Waals surface area contributed by atoms with Crippen molar-refractivity contribution in [1.29, 1.82) is 0 Å². The van der Waals surface area contributed by atoms with Crippen LogP contribution in [0.3, 0.4) is 0 Å². The quantitative estimate of drug-likeness (QED) is 0.728. The first kappa shape index (κ1) is 13.4. The van der Waals surface area contributed by atoms with Gasteiger partial charge in [-0.2, -0.15) is 0 Å². The molecule has 1 atom stereocenters. The molecule has 90 valence electrons. The van der Waals surface area contributed by atoms with Crippen LogP contribution in [-0.2, 0) is 6.54 Å². The van der Waals surface area contributed by atoms with Crippen molar-refractivity contribution in [3.63, 3.8) is 0 Å². The zero-order chi connectivity index (χ0) is 12.0. The van der Waals surface area contributed by atoms with Gasteiger partial charge in [-0.3, -0.25) is 0 Å². The summed E-state index contributed by atoms with van der Waals surface area (Å²) in [5, 5.41) is 20.9. The van der Waals surface area contributed by atoms with E-state index in [1.807, 2.05) is 18.2 Å². The second-order valence-electron chi connectivity index (χ2n) is 3.42. The van der Waals surface area contributed by atoms with E-state index in [1.165, 1.54) is 0 Å². The number of aliphatic hydroxyl groups is 2. The number of methoxy groups -OCH3 is 1. The summed E-state index contributed by atoms with van der Waals surface area (Å²) in [4.78, 5) is 0. The van der Waals surface area contributed by atoms with Crippen LogP contribution in [0, 0.1) is 0 Å². The molecule has 1 unspecified atom stereocenters. The molecule has 0 radical (unpaired) electrons. The summed E-state index contributed by atoms with van der Waals surface area (Å²) in [6.45, 7) is 0.737. The summed E-state index contributed by atoms with van der Waals surface area (Å²) >= 11 is 3.44. The van der Waals surface area contributed by atoms with E-state index in [-0.39, 0.29) is 6.61 Å². The van der Waals surface area contributed by atoms with Crippen molar-refractivity contribution in [2.24, 2.45) is 0 Å². The summed E-state index contributed by atoms with van der Waals surface area (Å²) in [6, 6.07) is 5.71. The second kappa shape index (κ2) is 6.85. The molecule has 0 saturated heterocycles. The smallest absolute Gasteiger partial charge is 0.119 e. The molecule has 16 heavy (non-hydrogen) atoms. The molecule has 0 aromatic heterocycles. The minimum absolute atomic E-state index is 0.230. The molecule has 1 aromatic rings. The van der Waals surface area contributed by atoms with E-state index in [9.17, 15) is 0 Å². The number of halogens is 1. The first-order chi connectivity index (χ1) is 7.67. The van der Waals surface area contributed by atoms with Gasteiger partial charge in [0.1, 0.15) is 5.75 Å². The van der Waals surface area contributed by atoms with Crippen molar-refractivity contribution in [3.8, 4) is 5.75 Å². The van der Waals surface area contributed by atoms with Gasteiger partial charge in [0.15, 0.2) is 0 Å². The highest BCUT2D eigenvalue weighted by Gasteiger charge is 2.04. The number of hydrogen-bond acceptors (Lipinski definition) is 4. The van der Waals surface area contributed by atoms with Gasteiger partial charge in [0.05, 0.1) is 19.8 Å². The lowest BCUT2D eigenvalue weighted by molar-refractivity contribution is 0.0942. The van der Waals surface area contributed by atoms with Crippen molar-refractivity contribution < 1.29 is 14.9 Å². The zero-order valence-corrected chi connectivity index (χ0v) is 10.7. The molecule has 4 nitrogen and oxygen atoms in total. The van der Waals surface area contributed by atoms with Crippen LogP contribution in [0.5, 0.6) is 5.75 Å². The van der Waals surface area contributed by atoms with Crippen molar-refractivity contribution in [1.82, 2.24) is 5.32 Å². The van der Waals surface area contributed by atoms with Gasteiger partial charge < -0.3 is 20.3 Å². The lowest BCUT2D eigenvalue weighted by Crippen LogP contribution is -2.29. The van der Waals surface area contributed by atoms with Gasteiger partial charge in [-0.05, 0) is 23.8 Å². The zero-order valence-electron chi connectivity index (χ0n) is 9.11. The number of aliphatic hydroxyl groups excluding tert-OH is 2. The third-order valence-electron chi connectivity index (χ3n) is 2.16. The van der Waals surface area contributed by atoms with Crippen LogP contribution >= 0.6 is 15.9 Å². The molecule has 0 amide bonds. The third kappa shape index (κ3) is 4.09. The minimum atomic E-state index is -0.718. The Morgan fingerprint density at radius 3 is 2.88 bits per heavy atom. The molecule has 1 aromatic carbocycles. The van der Waals surface area contributed by atoms with E-state index in [2.05, 4.69) is 21.2 Å². The Morgan fingerprint density at radius 2 is 2.25 bits per heavy atom. The molecule has 0 saturated carbocycles. The van der Waals surface area contributed by atoms with Crippen LogP contribution in [0.1, 0.15) is 5.56 Å². The van der Waals surface area contributed by atoms with Gasteiger partial charge >= 0.3 is 0 Å². The first-order valence-electron chi connectivity index (χ1n) is 4.99. The fraction of sp³-hybridized carbons (Fsp3) is 0.455. The fourth-order valence-electron chi connectivity index (χ4n) is 1.25. The Hall–Kier alpha value is -0.620. The summed E-state index contributed by atoms with van der Waals surface area (Å²) in [7, 11) is 1.62. The van der Waals surface area contributed by atoms with Crippen LogP contribution in [0.25, 0.3) is 0 Å². The Morgan fingerprint density at radius 1 is 1.50 bits per heavy atom. The molecule has 0 aliphatic carbocycles. The average molecular weight is 290 g/mol. The maximum atomic E-state index is 9.16. The first-order valence-corrected chi connectivity index (χ1v) is 5.78. The fourth-order valence-corrected chi connectivity index (χ4v) is 1.64.